The second kappa shape index (κ2) is 7.51. The zero-order valence-corrected chi connectivity index (χ0v) is 14.2. The van der Waals surface area contributed by atoms with Crippen LogP contribution in [0.15, 0.2) is 24.3 Å². The number of amides is 2. The zero-order valence-electron chi connectivity index (χ0n) is 13.4. The van der Waals surface area contributed by atoms with Crippen molar-refractivity contribution < 1.29 is 14.3 Å². The Balaban J connectivity index is 1.61. The fraction of sp³-hybridized carbons (Fsp3) is 0.529. The van der Waals surface area contributed by atoms with Gasteiger partial charge in [0, 0.05) is 19.8 Å². The molecule has 0 saturated carbocycles. The molecular weight excluding hydrogens is 330 g/mol. The Labute approximate surface area is 146 Å². The smallest absolute Gasteiger partial charge is 0.249 e. The van der Waals surface area contributed by atoms with E-state index in [0.29, 0.717) is 36.9 Å². The highest BCUT2D eigenvalue weighted by Gasteiger charge is 2.36. The van der Waals surface area contributed by atoms with Crippen LogP contribution in [0.5, 0.6) is 0 Å². The molecule has 0 bridgehead atoms. The van der Waals surface area contributed by atoms with Crippen molar-refractivity contribution in [1.82, 2.24) is 5.32 Å². The number of carbonyl (C=O) groups is 2. The first-order chi connectivity index (χ1) is 11.6. The highest BCUT2D eigenvalue weighted by molar-refractivity contribution is 6.34. The molecule has 0 aromatic heterocycles. The van der Waals surface area contributed by atoms with Gasteiger partial charge >= 0.3 is 0 Å². The van der Waals surface area contributed by atoms with E-state index in [1.807, 2.05) is 12.1 Å². The van der Waals surface area contributed by atoms with Crippen molar-refractivity contribution in [2.75, 3.05) is 24.7 Å². The average Bonchev–Trinajstić information content (AvgIpc) is 2.96. The summed E-state index contributed by atoms with van der Waals surface area (Å²) in [6, 6.07) is 6.06. The third-order valence-electron chi connectivity index (χ3n) is 4.74. The van der Waals surface area contributed by atoms with Crippen LogP contribution in [0, 0.1) is 5.92 Å². The molecule has 130 valence electrons. The molecule has 2 aliphatic heterocycles. The predicted molar refractivity (Wildman–Crippen MR) is 91.9 cm³/mol. The number of hydrogen-bond acceptors (Lipinski definition) is 4. The summed E-state index contributed by atoms with van der Waals surface area (Å²) in [5.41, 5.74) is 6.75. The van der Waals surface area contributed by atoms with E-state index < -0.39 is 12.1 Å². The standard InChI is InChI=1S/C17H22ClN3O3/c18-12-3-1-2-4-14(12)21-8-5-13(17(21)23)20-16(22)15(19)11-6-9-24-10-7-11/h1-4,11,13,15H,5-10,19H2,(H,20,22). The quantitative estimate of drug-likeness (QED) is 0.856. The van der Waals surface area contributed by atoms with Gasteiger partial charge in [-0.2, -0.15) is 0 Å². The molecule has 3 rings (SSSR count). The molecule has 2 amide bonds. The van der Waals surface area contributed by atoms with Gasteiger partial charge in [0.15, 0.2) is 0 Å². The van der Waals surface area contributed by atoms with Crippen LogP contribution in [-0.4, -0.2) is 43.7 Å². The first-order valence-corrected chi connectivity index (χ1v) is 8.65. The molecule has 2 heterocycles. The molecule has 24 heavy (non-hydrogen) atoms. The lowest BCUT2D eigenvalue weighted by Crippen LogP contribution is -2.51. The first-order valence-electron chi connectivity index (χ1n) is 8.27. The van der Waals surface area contributed by atoms with E-state index in [4.69, 9.17) is 22.1 Å². The molecule has 1 aromatic carbocycles. The number of rotatable bonds is 4. The van der Waals surface area contributed by atoms with Crippen LogP contribution in [0.25, 0.3) is 0 Å². The van der Waals surface area contributed by atoms with Gasteiger partial charge in [0.1, 0.15) is 6.04 Å². The number of para-hydroxylation sites is 1. The number of carbonyl (C=O) groups excluding carboxylic acids is 2. The Morgan fingerprint density at radius 2 is 2.00 bits per heavy atom. The fourth-order valence-corrected chi connectivity index (χ4v) is 3.52. The van der Waals surface area contributed by atoms with Gasteiger partial charge in [-0.05, 0) is 37.3 Å². The number of hydrogen-bond donors (Lipinski definition) is 2. The van der Waals surface area contributed by atoms with Gasteiger partial charge in [-0.25, -0.2) is 0 Å². The minimum atomic E-state index is -0.601. The summed E-state index contributed by atoms with van der Waals surface area (Å²) in [5, 5.41) is 3.33. The summed E-state index contributed by atoms with van der Waals surface area (Å²) in [7, 11) is 0. The van der Waals surface area contributed by atoms with E-state index in [1.54, 1.807) is 17.0 Å². The Hall–Kier alpha value is -1.63. The second-order valence-corrected chi connectivity index (χ2v) is 6.67. The largest absolute Gasteiger partial charge is 0.381 e. The number of anilines is 1. The van der Waals surface area contributed by atoms with Crippen LogP contribution in [0.3, 0.4) is 0 Å². The van der Waals surface area contributed by atoms with Crippen molar-refractivity contribution in [3.63, 3.8) is 0 Å². The number of halogens is 1. The molecule has 3 N–H and O–H groups in total. The predicted octanol–water partition coefficient (Wildman–Crippen LogP) is 1.32. The summed E-state index contributed by atoms with van der Waals surface area (Å²) in [6.45, 7) is 1.79. The average molecular weight is 352 g/mol. The molecule has 2 fully saturated rings. The number of nitrogens with two attached hydrogens (primary N) is 1. The molecule has 2 atom stereocenters. The summed E-state index contributed by atoms with van der Waals surface area (Å²) in [4.78, 5) is 26.6. The van der Waals surface area contributed by atoms with Gasteiger partial charge < -0.3 is 20.7 Å². The third kappa shape index (κ3) is 3.55. The zero-order chi connectivity index (χ0) is 17.1. The topological polar surface area (TPSA) is 84.7 Å². The van der Waals surface area contributed by atoms with E-state index in [1.165, 1.54) is 0 Å². The van der Waals surface area contributed by atoms with Crippen LogP contribution in [0.2, 0.25) is 5.02 Å². The van der Waals surface area contributed by atoms with Crippen LogP contribution >= 0.6 is 11.6 Å². The lowest BCUT2D eigenvalue weighted by Gasteiger charge is -2.27. The van der Waals surface area contributed by atoms with Crippen LogP contribution in [0.4, 0.5) is 5.69 Å². The van der Waals surface area contributed by atoms with E-state index >= 15 is 0 Å². The molecule has 0 aliphatic carbocycles. The normalized spacial score (nSPS) is 23.3. The molecule has 6 nitrogen and oxygen atoms in total. The molecule has 1 aromatic rings. The van der Waals surface area contributed by atoms with Gasteiger partial charge in [-0.3, -0.25) is 9.59 Å². The number of nitrogens with zero attached hydrogens (tertiary/aromatic N) is 1. The number of nitrogens with one attached hydrogen (secondary N) is 1. The summed E-state index contributed by atoms with van der Waals surface area (Å²) in [5.74, 6) is -0.299. The Morgan fingerprint density at radius 1 is 1.29 bits per heavy atom. The van der Waals surface area contributed by atoms with E-state index in [9.17, 15) is 9.59 Å². The third-order valence-corrected chi connectivity index (χ3v) is 5.06. The summed E-state index contributed by atoms with van der Waals surface area (Å²) < 4.78 is 5.29. The molecule has 2 unspecified atom stereocenters. The lowest BCUT2D eigenvalue weighted by atomic mass is 9.91. The van der Waals surface area contributed by atoms with E-state index in [0.717, 1.165) is 12.8 Å². The van der Waals surface area contributed by atoms with Crippen LogP contribution < -0.4 is 16.0 Å². The minimum absolute atomic E-state index is 0.106. The lowest BCUT2D eigenvalue weighted by molar-refractivity contribution is -0.128. The molecule has 7 heteroatoms. The summed E-state index contributed by atoms with van der Waals surface area (Å²) >= 11 is 6.16. The van der Waals surface area contributed by atoms with Crippen molar-refractivity contribution in [1.29, 1.82) is 0 Å². The Morgan fingerprint density at radius 3 is 2.71 bits per heavy atom. The fourth-order valence-electron chi connectivity index (χ4n) is 3.28. The van der Waals surface area contributed by atoms with E-state index in [-0.39, 0.29) is 17.7 Å². The van der Waals surface area contributed by atoms with E-state index in [2.05, 4.69) is 5.32 Å². The van der Waals surface area contributed by atoms with Gasteiger partial charge in [0.25, 0.3) is 0 Å². The maximum atomic E-state index is 12.6. The molecule has 0 radical (unpaired) electrons. The molecule has 2 saturated heterocycles. The van der Waals surface area contributed by atoms with Gasteiger partial charge in [0.05, 0.1) is 16.8 Å². The SMILES string of the molecule is NC(C(=O)NC1CCN(c2ccccc2Cl)C1=O)C1CCOCC1. The summed E-state index contributed by atoms with van der Waals surface area (Å²) in [6.07, 6.45) is 2.11. The van der Waals surface area contributed by atoms with Crippen LogP contribution in [0.1, 0.15) is 19.3 Å². The van der Waals surface area contributed by atoms with Gasteiger partial charge in [-0.15, -0.1) is 0 Å². The molecule has 0 spiro atoms. The van der Waals surface area contributed by atoms with Crippen molar-refractivity contribution in [3.05, 3.63) is 29.3 Å². The Kier molecular flexibility index (Phi) is 5.38. The monoisotopic (exact) mass is 351 g/mol. The van der Waals surface area contributed by atoms with Crippen molar-refractivity contribution in [2.24, 2.45) is 11.7 Å². The highest BCUT2D eigenvalue weighted by Crippen LogP contribution is 2.29. The second-order valence-electron chi connectivity index (χ2n) is 6.27. The van der Waals surface area contributed by atoms with Crippen LogP contribution in [-0.2, 0) is 14.3 Å². The first kappa shape index (κ1) is 17.2. The minimum Gasteiger partial charge on any atom is -0.381 e. The number of benzene rings is 1. The van der Waals surface area contributed by atoms with Gasteiger partial charge in [0.2, 0.25) is 11.8 Å². The van der Waals surface area contributed by atoms with Crippen molar-refractivity contribution >= 4 is 29.1 Å². The van der Waals surface area contributed by atoms with Gasteiger partial charge in [-0.1, -0.05) is 23.7 Å². The Bertz CT molecular complexity index is 619. The maximum absolute atomic E-state index is 12.6. The number of ether oxygens (including phenoxy) is 1. The molecule has 2 aliphatic rings. The van der Waals surface area contributed by atoms with Crippen molar-refractivity contribution in [3.8, 4) is 0 Å². The highest BCUT2D eigenvalue weighted by atomic mass is 35.5. The maximum Gasteiger partial charge on any atom is 0.249 e. The molecular formula is C17H22ClN3O3. The van der Waals surface area contributed by atoms with Crippen molar-refractivity contribution in [2.45, 2.75) is 31.3 Å².